The number of pyridine rings is 1. The predicted molar refractivity (Wildman–Crippen MR) is 62.1 cm³/mol. The van der Waals surface area contributed by atoms with Crippen LogP contribution in [0.4, 0.5) is 5.69 Å². The molecule has 0 spiro atoms. The van der Waals surface area contributed by atoms with Gasteiger partial charge in [-0.1, -0.05) is 12.8 Å². The number of anilines is 1. The zero-order valence-electron chi connectivity index (χ0n) is 9.42. The second kappa shape index (κ2) is 3.72. The lowest BCUT2D eigenvalue weighted by molar-refractivity contribution is 0.492. The molecule has 0 saturated heterocycles. The molecule has 82 valence electrons. The van der Waals surface area contributed by atoms with Gasteiger partial charge < -0.3 is 10.3 Å². The average Bonchev–Trinajstić information content (AvgIpc) is 2.68. The fourth-order valence-electron chi connectivity index (χ4n) is 2.54. The molecule has 1 aromatic rings. The summed E-state index contributed by atoms with van der Waals surface area (Å²) in [6.45, 7) is 3.88. The molecule has 0 amide bonds. The topological polar surface area (TPSA) is 48.0 Å². The van der Waals surface area contributed by atoms with Crippen LogP contribution >= 0.6 is 0 Å². The lowest BCUT2D eigenvalue weighted by Gasteiger charge is -2.18. The van der Waals surface area contributed by atoms with Crippen molar-refractivity contribution in [3.63, 3.8) is 0 Å². The molecular formula is C12H18N2O. The van der Waals surface area contributed by atoms with Crippen LogP contribution in [0.5, 0.6) is 0 Å². The molecule has 1 aromatic heterocycles. The molecule has 0 aliphatic heterocycles. The molecule has 2 rings (SSSR count). The van der Waals surface area contributed by atoms with E-state index < -0.39 is 0 Å². The summed E-state index contributed by atoms with van der Waals surface area (Å²) in [5, 5.41) is 0. The van der Waals surface area contributed by atoms with E-state index in [2.05, 4.69) is 0 Å². The number of nitrogens with two attached hydrogens (primary N) is 1. The largest absolute Gasteiger partial charge is 0.394 e. The second-order valence-corrected chi connectivity index (χ2v) is 4.50. The number of rotatable bonds is 1. The molecule has 1 heterocycles. The highest BCUT2D eigenvalue weighted by Crippen LogP contribution is 2.29. The van der Waals surface area contributed by atoms with Crippen LogP contribution < -0.4 is 11.3 Å². The Bertz CT molecular complexity index is 428. The average molecular weight is 206 g/mol. The number of hydrogen-bond donors (Lipinski definition) is 1. The van der Waals surface area contributed by atoms with Gasteiger partial charge in [-0.05, 0) is 38.3 Å². The Hall–Kier alpha value is -1.25. The van der Waals surface area contributed by atoms with Crippen LogP contribution in [0.1, 0.15) is 43.0 Å². The van der Waals surface area contributed by atoms with E-state index in [1.165, 1.54) is 12.8 Å². The van der Waals surface area contributed by atoms with Gasteiger partial charge in [0.05, 0.1) is 0 Å². The van der Waals surface area contributed by atoms with Crippen LogP contribution in [0.3, 0.4) is 0 Å². The summed E-state index contributed by atoms with van der Waals surface area (Å²) in [6, 6.07) is 2.38. The molecule has 3 nitrogen and oxygen atoms in total. The van der Waals surface area contributed by atoms with Crippen LogP contribution in [0.25, 0.3) is 0 Å². The zero-order chi connectivity index (χ0) is 11.0. The Kier molecular flexibility index (Phi) is 2.55. The highest BCUT2D eigenvalue weighted by molar-refractivity contribution is 5.44. The molecule has 0 aromatic carbocycles. The van der Waals surface area contributed by atoms with E-state index in [0.29, 0.717) is 11.7 Å². The summed E-state index contributed by atoms with van der Waals surface area (Å²) in [4.78, 5) is 12.0. The summed E-state index contributed by atoms with van der Waals surface area (Å²) < 4.78 is 1.88. The maximum absolute atomic E-state index is 12.0. The Balaban J connectivity index is 2.55. The van der Waals surface area contributed by atoms with Crippen molar-refractivity contribution >= 4 is 5.69 Å². The molecule has 0 radical (unpaired) electrons. The minimum Gasteiger partial charge on any atom is -0.394 e. The van der Waals surface area contributed by atoms with Gasteiger partial charge >= 0.3 is 0 Å². The van der Waals surface area contributed by atoms with Crippen molar-refractivity contribution in [2.75, 3.05) is 5.73 Å². The summed E-state index contributed by atoms with van der Waals surface area (Å²) in [5.74, 6) is 0. The number of aryl methyl sites for hydroxylation is 2. The maximum Gasteiger partial charge on any atom is 0.274 e. The van der Waals surface area contributed by atoms with Crippen molar-refractivity contribution in [1.29, 1.82) is 0 Å². The van der Waals surface area contributed by atoms with Crippen LogP contribution in [-0.2, 0) is 0 Å². The molecule has 0 atom stereocenters. The van der Waals surface area contributed by atoms with E-state index in [-0.39, 0.29) is 5.56 Å². The predicted octanol–water partition coefficient (Wildman–Crippen LogP) is 2.16. The Morgan fingerprint density at radius 1 is 1.33 bits per heavy atom. The van der Waals surface area contributed by atoms with Gasteiger partial charge in [0, 0.05) is 11.7 Å². The number of hydrogen-bond acceptors (Lipinski definition) is 2. The van der Waals surface area contributed by atoms with Crippen molar-refractivity contribution in [1.82, 2.24) is 4.57 Å². The lowest BCUT2D eigenvalue weighted by atomic mass is 10.1. The molecule has 1 saturated carbocycles. The maximum atomic E-state index is 12.0. The van der Waals surface area contributed by atoms with Crippen LogP contribution in [-0.4, -0.2) is 4.57 Å². The molecule has 1 fully saturated rings. The minimum atomic E-state index is -0.000556. The normalized spacial score (nSPS) is 17.2. The van der Waals surface area contributed by atoms with Crippen molar-refractivity contribution in [3.8, 4) is 0 Å². The van der Waals surface area contributed by atoms with Crippen LogP contribution in [0, 0.1) is 13.8 Å². The summed E-state index contributed by atoms with van der Waals surface area (Å²) in [6.07, 6.45) is 4.68. The summed E-state index contributed by atoms with van der Waals surface area (Å²) >= 11 is 0. The van der Waals surface area contributed by atoms with Crippen molar-refractivity contribution in [2.24, 2.45) is 0 Å². The molecule has 0 bridgehead atoms. The third-order valence-electron chi connectivity index (χ3n) is 3.37. The van der Waals surface area contributed by atoms with E-state index in [1.807, 2.05) is 24.5 Å². The third-order valence-corrected chi connectivity index (χ3v) is 3.37. The smallest absolute Gasteiger partial charge is 0.274 e. The van der Waals surface area contributed by atoms with E-state index in [4.69, 9.17) is 5.73 Å². The van der Waals surface area contributed by atoms with Gasteiger partial charge in [0.15, 0.2) is 0 Å². The first-order valence-electron chi connectivity index (χ1n) is 5.59. The lowest BCUT2D eigenvalue weighted by Crippen LogP contribution is -2.28. The van der Waals surface area contributed by atoms with E-state index in [1.54, 1.807) is 0 Å². The van der Waals surface area contributed by atoms with Crippen LogP contribution in [0.15, 0.2) is 10.9 Å². The fourth-order valence-corrected chi connectivity index (χ4v) is 2.54. The molecule has 1 aliphatic carbocycles. The highest BCUT2D eigenvalue weighted by Gasteiger charge is 2.20. The standard InChI is InChI=1S/C12H18N2O/c1-8-7-9(2)14(12(15)11(8)13)10-5-3-4-6-10/h7,10H,3-6,13H2,1-2H3. The number of aromatic nitrogens is 1. The van der Waals surface area contributed by atoms with E-state index in [0.717, 1.165) is 24.1 Å². The van der Waals surface area contributed by atoms with Crippen molar-refractivity contribution in [2.45, 2.75) is 45.6 Å². The summed E-state index contributed by atoms with van der Waals surface area (Å²) in [5.41, 5.74) is 8.13. The first kappa shape index (κ1) is 10.3. The summed E-state index contributed by atoms with van der Waals surface area (Å²) in [7, 11) is 0. The third kappa shape index (κ3) is 1.66. The van der Waals surface area contributed by atoms with E-state index >= 15 is 0 Å². The van der Waals surface area contributed by atoms with Gasteiger partial charge in [-0.25, -0.2) is 0 Å². The Morgan fingerprint density at radius 2 is 1.93 bits per heavy atom. The van der Waals surface area contributed by atoms with Gasteiger partial charge in [0.2, 0.25) is 0 Å². The number of nitrogens with zero attached hydrogens (tertiary/aromatic N) is 1. The van der Waals surface area contributed by atoms with Gasteiger partial charge in [-0.15, -0.1) is 0 Å². The number of nitrogen functional groups attached to an aromatic ring is 1. The molecule has 2 N–H and O–H groups in total. The molecule has 0 unspecified atom stereocenters. The Morgan fingerprint density at radius 3 is 2.53 bits per heavy atom. The molecular weight excluding hydrogens is 188 g/mol. The fraction of sp³-hybridized carbons (Fsp3) is 0.583. The first-order chi connectivity index (χ1) is 7.11. The van der Waals surface area contributed by atoms with Gasteiger partial charge in [0.1, 0.15) is 5.69 Å². The van der Waals surface area contributed by atoms with Gasteiger partial charge in [0.25, 0.3) is 5.56 Å². The minimum absolute atomic E-state index is 0.000556. The monoisotopic (exact) mass is 206 g/mol. The molecule has 3 heteroatoms. The second-order valence-electron chi connectivity index (χ2n) is 4.50. The quantitative estimate of drug-likeness (QED) is 0.765. The van der Waals surface area contributed by atoms with Crippen molar-refractivity contribution < 1.29 is 0 Å². The van der Waals surface area contributed by atoms with Crippen LogP contribution in [0.2, 0.25) is 0 Å². The van der Waals surface area contributed by atoms with Gasteiger partial charge in [-0.2, -0.15) is 0 Å². The van der Waals surface area contributed by atoms with Crippen molar-refractivity contribution in [3.05, 3.63) is 27.7 Å². The molecule has 1 aliphatic rings. The first-order valence-corrected chi connectivity index (χ1v) is 5.59. The highest BCUT2D eigenvalue weighted by atomic mass is 16.1. The molecule has 15 heavy (non-hydrogen) atoms. The SMILES string of the molecule is Cc1cc(C)n(C2CCCC2)c(=O)c1N. The van der Waals surface area contributed by atoms with E-state index in [9.17, 15) is 4.79 Å². The zero-order valence-corrected chi connectivity index (χ0v) is 9.42. The Labute approximate surface area is 89.9 Å². The van der Waals surface area contributed by atoms with Gasteiger partial charge in [-0.3, -0.25) is 4.79 Å².